The molecule has 2 aliphatic rings. The third-order valence-electron chi connectivity index (χ3n) is 6.15. The molecule has 0 unspecified atom stereocenters. The fourth-order valence-corrected chi connectivity index (χ4v) is 4.65. The molecule has 0 radical (unpaired) electrons. The average Bonchev–Trinajstić information content (AvgIpc) is 3.17. The Morgan fingerprint density at radius 2 is 1.97 bits per heavy atom. The minimum Gasteiger partial charge on any atom is -0.365 e. The Morgan fingerprint density at radius 1 is 1.27 bits per heavy atom. The lowest BCUT2D eigenvalue weighted by Gasteiger charge is -2.42. The third-order valence-corrected chi connectivity index (χ3v) is 6.40. The number of aromatic nitrogens is 2. The van der Waals surface area contributed by atoms with E-state index in [2.05, 4.69) is 15.4 Å². The summed E-state index contributed by atoms with van der Waals surface area (Å²) in [6.45, 7) is -1.03. The molecule has 3 atom stereocenters. The van der Waals surface area contributed by atoms with Crippen LogP contribution in [0.5, 0.6) is 0 Å². The van der Waals surface area contributed by atoms with E-state index in [1.165, 1.54) is 4.90 Å². The number of carbonyl (C=O) groups excluding carboxylic acids is 2. The molecular formula is C22H25ClF2N6O2. The molecule has 1 aromatic carbocycles. The second kappa shape index (κ2) is 9.09. The SMILES string of the molecule is CN=C[C@H]1C[C@@H](C(=O)N2CC(F)(F)C2)CC[C@@H]1n1cc(C(N)=O)c(Nc2ccc(Cl)cc2)n1. The molecule has 8 nitrogen and oxygen atoms in total. The fraction of sp³-hybridized carbons (Fsp3) is 0.455. The van der Waals surface area contributed by atoms with Crippen LogP contribution in [0, 0.1) is 11.8 Å². The number of nitrogens with two attached hydrogens (primary N) is 1. The predicted molar refractivity (Wildman–Crippen MR) is 121 cm³/mol. The Balaban J connectivity index is 1.53. The smallest absolute Gasteiger partial charge is 0.282 e. The second-order valence-corrected chi connectivity index (χ2v) is 9.00. The van der Waals surface area contributed by atoms with Crippen LogP contribution in [-0.4, -0.2) is 58.8 Å². The largest absolute Gasteiger partial charge is 0.365 e. The van der Waals surface area contributed by atoms with E-state index in [-0.39, 0.29) is 29.3 Å². The number of anilines is 2. The van der Waals surface area contributed by atoms with Crippen LogP contribution in [0.25, 0.3) is 0 Å². The van der Waals surface area contributed by atoms with Crippen molar-refractivity contribution in [3.05, 3.63) is 41.0 Å². The Morgan fingerprint density at radius 3 is 2.58 bits per heavy atom. The summed E-state index contributed by atoms with van der Waals surface area (Å²) in [6.07, 6.45) is 4.93. The number of alkyl halides is 2. The number of likely N-dealkylation sites (tertiary alicyclic amines) is 1. The minimum absolute atomic E-state index is 0.150. The Bertz CT molecular complexity index is 1060. The number of benzene rings is 1. The van der Waals surface area contributed by atoms with Crippen LogP contribution < -0.4 is 11.1 Å². The maximum atomic E-state index is 13.2. The Kier molecular flexibility index (Phi) is 6.38. The van der Waals surface area contributed by atoms with Gasteiger partial charge in [-0.25, -0.2) is 8.78 Å². The normalized spacial score (nSPS) is 24.5. The monoisotopic (exact) mass is 478 g/mol. The molecule has 1 aliphatic carbocycles. The summed E-state index contributed by atoms with van der Waals surface area (Å²) in [6, 6.07) is 6.79. The van der Waals surface area contributed by atoms with E-state index in [9.17, 15) is 18.4 Å². The highest BCUT2D eigenvalue weighted by Crippen LogP contribution is 2.39. The topological polar surface area (TPSA) is 106 Å². The van der Waals surface area contributed by atoms with Crippen molar-refractivity contribution in [1.29, 1.82) is 0 Å². The summed E-state index contributed by atoms with van der Waals surface area (Å²) in [7, 11) is 1.64. The number of aliphatic imine (C=N–C) groups is 1. The summed E-state index contributed by atoms with van der Waals surface area (Å²) in [5.41, 5.74) is 6.50. The van der Waals surface area contributed by atoms with Crippen molar-refractivity contribution >= 4 is 41.1 Å². The van der Waals surface area contributed by atoms with Crippen molar-refractivity contribution < 1.29 is 18.4 Å². The maximum absolute atomic E-state index is 13.2. The van der Waals surface area contributed by atoms with Gasteiger partial charge in [0.15, 0.2) is 5.82 Å². The van der Waals surface area contributed by atoms with E-state index in [1.54, 1.807) is 48.4 Å². The Hall–Kier alpha value is -3.01. The van der Waals surface area contributed by atoms with E-state index in [1.807, 2.05) is 0 Å². The number of nitrogens with one attached hydrogen (secondary N) is 1. The fourth-order valence-electron chi connectivity index (χ4n) is 4.52. The van der Waals surface area contributed by atoms with Gasteiger partial charge in [0.05, 0.1) is 19.1 Å². The van der Waals surface area contributed by atoms with Crippen molar-refractivity contribution in [2.75, 3.05) is 25.5 Å². The molecule has 2 aromatic rings. The number of carbonyl (C=O) groups is 2. The van der Waals surface area contributed by atoms with Gasteiger partial charge in [0.1, 0.15) is 5.56 Å². The molecule has 1 saturated carbocycles. The summed E-state index contributed by atoms with van der Waals surface area (Å²) >= 11 is 5.93. The molecule has 0 bridgehead atoms. The number of primary amides is 1. The van der Waals surface area contributed by atoms with Crippen LogP contribution >= 0.6 is 11.6 Å². The van der Waals surface area contributed by atoms with Gasteiger partial charge in [-0.2, -0.15) is 5.10 Å². The van der Waals surface area contributed by atoms with Crippen LogP contribution in [0.1, 0.15) is 35.7 Å². The number of halogens is 3. The lowest BCUT2D eigenvalue weighted by molar-refractivity contribution is -0.170. The number of amides is 2. The summed E-state index contributed by atoms with van der Waals surface area (Å²) in [4.78, 5) is 30.1. The highest BCUT2D eigenvalue weighted by Gasteiger charge is 2.48. The molecule has 1 aliphatic heterocycles. The van der Waals surface area contributed by atoms with Crippen LogP contribution in [0.3, 0.4) is 0 Å². The van der Waals surface area contributed by atoms with Crippen LogP contribution in [0.2, 0.25) is 5.02 Å². The average molecular weight is 479 g/mol. The van der Waals surface area contributed by atoms with Crippen molar-refractivity contribution in [2.45, 2.75) is 31.2 Å². The summed E-state index contributed by atoms with van der Waals surface area (Å²) in [5.74, 6) is -3.83. The lowest BCUT2D eigenvalue weighted by Crippen LogP contribution is -2.60. The zero-order valence-electron chi connectivity index (χ0n) is 18.0. The summed E-state index contributed by atoms with van der Waals surface area (Å²) < 4.78 is 28.1. The van der Waals surface area contributed by atoms with E-state index < -0.39 is 24.9 Å². The van der Waals surface area contributed by atoms with Crippen LogP contribution in [0.15, 0.2) is 35.5 Å². The molecule has 2 fully saturated rings. The van der Waals surface area contributed by atoms with Gasteiger partial charge in [0, 0.05) is 42.0 Å². The van der Waals surface area contributed by atoms with Gasteiger partial charge in [-0.15, -0.1) is 0 Å². The van der Waals surface area contributed by atoms with Gasteiger partial charge in [-0.05, 0) is 43.5 Å². The van der Waals surface area contributed by atoms with E-state index >= 15 is 0 Å². The molecule has 11 heteroatoms. The molecule has 1 saturated heterocycles. The first-order chi connectivity index (χ1) is 15.7. The third kappa shape index (κ3) is 5.00. The van der Waals surface area contributed by atoms with Crippen LogP contribution in [0.4, 0.5) is 20.3 Å². The number of rotatable bonds is 6. The van der Waals surface area contributed by atoms with E-state index in [0.29, 0.717) is 35.8 Å². The van der Waals surface area contributed by atoms with Gasteiger partial charge in [-0.1, -0.05) is 11.6 Å². The highest BCUT2D eigenvalue weighted by atomic mass is 35.5. The molecule has 33 heavy (non-hydrogen) atoms. The lowest BCUT2D eigenvalue weighted by atomic mass is 9.77. The van der Waals surface area contributed by atoms with E-state index in [4.69, 9.17) is 17.3 Å². The van der Waals surface area contributed by atoms with Crippen LogP contribution in [-0.2, 0) is 4.79 Å². The molecule has 2 heterocycles. The molecule has 0 spiro atoms. The van der Waals surface area contributed by atoms with Crippen molar-refractivity contribution in [1.82, 2.24) is 14.7 Å². The number of hydrogen-bond acceptors (Lipinski definition) is 5. The quantitative estimate of drug-likeness (QED) is 0.619. The van der Waals surface area contributed by atoms with Gasteiger partial charge in [-0.3, -0.25) is 14.3 Å². The van der Waals surface area contributed by atoms with Crippen molar-refractivity contribution in [3.8, 4) is 0 Å². The summed E-state index contributed by atoms with van der Waals surface area (Å²) in [5, 5.41) is 8.25. The standard InChI is InChI=1S/C22H25ClF2N6O2/c1-27-9-14-8-13(21(33)30-11-22(24,25)12-30)2-7-18(14)31-10-17(19(26)32)20(29-31)28-16-5-3-15(23)4-6-16/h3-6,9-10,13-14,18H,2,7-8,11-12H2,1H3,(H2,26,32)(H,28,29)/t13-,14+,18-/m0/s1. The first-order valence-corrected chi connectivity index (χ1v) is 11.0. The van der Waals surface area contributed by atoms with Gasteiger partial charge in [0.2, 0.25) is 5.91 Å². The minimum atomic E-state index is -2.79. The van der Waals surface area contributed by atoms with Crippen molar-refractivity contribution in [2.24, 2.45) is 22.6 Å². The molecular weight excluding hydrogens is 454 g/mol. The molecule has 2 amide bonds. The highest BCUT2D eigenvalue weighted by molar-refractivity contribution is 6.30. The molecule has 3 N–H and O–H groups in total. The first kappa shape index (κ1) is 23.2. The maximum Gasteiger partial charge on any atom is 0.282 e. The van der Waals surface area contributed by atoms with Crippen molar-refractivity contribution in [3.63, 3.8) is 0 Å². The molecule has 4 rings (SSSR count). The van der Waals surface area contributed by atoms with E-state index in [0.717, 1.165) is 0 Å². The zero-order chi connectivity index (χ0) is 23.8. The second-order valence-electron chi connectivity index (χ2n) is 8.57. The first-order valence-electron chi connectivity index (χ1n) is 10.7. The number of nitrogens with zero attached hydrogens (tertiary/aromatic N) is 4. The van der Waals surface area contributed by atoms with Gasteiger partial charge >= 0.3 is 0 Å². The predicted octanol–water partition coefficient (Wildman–Crippen LogP) is 3.51. The zero-order valence-corrected chi connectivity index (χ0v) is 18.8. The molecule has 1 aromatic heterocycles. The van der Waals surface area contributed by atoms with Gasteiger partial charge in [0.25, 0.3) is 11.8 Å². The number of hydrogen-bond donors (Lipinski definition) is 2. The van der Waals surface area contributed by atoms with Gasteiger partial charge < -0.3 is 20.9 Å². The molecule has 176 valence electrons. The Labute approximate surface area is 194 Å².